The zero-order chi connectivity index (χ0) is 20.0. The minimum Gasteiger partial charge on any atom is -0.372 e. The molecule has 1 aromatic heterocycles. The molecule has 5 nitrogen and oxygen atoms in total. The van der Waals surface area contributed by atoms with Gasteiger partial charge in [0.25, 0.3) is 5.91 Å². The van der Waals surface area contributed by atoms with Gasteiger partial charge < -0.3 is 14.8 Å². The summed E-state index contributed by atoms with van der Waals surface area (Å²) < 4.78 is 2.22. The van der Waals surface area contributed by atoms with Gasteiger partial charge in [-0.25, -0.2) is 0 Å². The van der Waals surface area contributed by atoms with Crippen molar-refractivity contribution in [2.24, 2.45) is 0 Å². The monoisotopic (exact) mass is 402 g/mol. The highest BCUT2D eigenvalue weighted by molar-refractivity contribution is 6.31. The van der Waals surface area contributed by atoms with Crippen LogP contribution in [0.1, 0.15) is 34.5 Å². The van der Waals surface area contributed by atoms with Crippen molar-refractivity contribution < 1.29 is 4.79 Å². The number of carbonyl (C=O) groups is 1. The number of likely N-dealkylation sites (tertiary alicyclic amines) is 1. The Morgan fingerprint density at radius 3 is 2.59 bits per heavy atom. The Kier molecular flexibility index (Phi) is 4.11. The van der Waals surface area contributed by atoms with Crippen molar-refractivity contribution in [3.63, 3.8) is 0 Å². The van der Waals surface area contributed by atoms with Gasteiger partial charge in [-0.3, -0.25) is 4.79 Å². The number of hydrogen-bond donors (Lipinski definition) is 1. The summed E-state index contributed by atoms with van der Waals surface area (Å²) in [7, 11) is 0. The van der Waals surface area contributed by atoms with Crippen LogP contribution in [0.15, 0.2) is 60.8 Å². The number of nitrogens with one attached hydrogen (secondary N) is 1. The molecular formula is C23H19ClN4O. The number of piperidine rings is 1. The topological polar surface area (TPSA) is 61.1 Å². The van der Waals surface area contributed by atoms with Crippen molar-refractivity contribution in [3.8, 4) is 11.8 Å². The molecule has 1 fully saturated rings. The van der Waals surface area contributed by atoms with E-state index in [0.717, 1.165) is 24.2 Å². The van der Waals surface area contributed by atoms with Crippen molar-refractivity contribution >= 4 is 23.2 Å². The molecule has 0 atom stereocenters. The summed E-state index contributed by atoms with van der Waals surface area (Å²) in [5.41, 5.74) is 4.30. The van der Waals surface area contributed by atoms with E-state index >= 15 is 0 Å². The summed E-state index contributed by atoms with van der Waals surface area (Å²) >= 11 is 6.24. The third-order valence-corrected chi connectivity index (χ3v) is 6.23. The summed E-state index contributed by atoms with van der Waals surface area (Å²) in [4.78, 5) is 14.8. The second-order valence-electron chi connectivity index (χ2n) is 7.61. The fourth-order valence-corrected chi connectivity index (χ4v) is 4.64. The molecule has 2 aromatic carbocycles. The molecule has 6 heteroatoms. The molecule has 5 rings (SSSR count). The average molecular weight is 403 g/mol. The highest BCUT2D eigenvalue weighted by Gasteiger charge is 2.42. The summed E-state index contributed by atoms with van der Waals surface area (Å²) in [6, 6.07) is 19.1. The minimum atomic E-state index is -0.220. The molecule has 2 aliphatic rings. The maximum Gasteiger partial charge on any atom is 0.253 e. The van der Waals surface area contributed by atoms with Gasteiger partial charge in [-0.2, -0.15) is 5.26 Å². The van der Waals surface area contributed by atoms with E-state index in [9.17, 15) is 4.79 Å². The Balaban J connectivity index is 1.40. The molecule has 1 N–H and O–H groups in total. The van der Waals surface area contributed by atoms with Crippen LogP contribution in [0.3, 0.4) is 0 Å². The third kappa shape index (κ3) is 2.88. The lowest BCUT2D eigenvalue weighted by Crippen LogP contribution is -2.51. The maximum absolute atomic E-state index is 12.9. The highest BCUT2D eigenvalue weighted by atomic mass is 35.5. The number of anilines is 1. The van der Waals surface area contributed by atoms with Crippen LogP contribution >= 0.6 is 11.6 Å². The summed E-state index contributed by atoms with van der Waals surface area (Å²) in [5.74, 6) is 0.0129. The van der Waals surface area contributed by atoms with E-state index < -0.39 is 0 Å². The Hall–Kier alpha value is -3.23. The molecular weight excluding hydrogens is 384 g/mol. The van der Waals surface area contributed by atoms with Gasteiger partial charge in [0.15, 0.2) is 0 Å². The first-order chi connectivity index (χ1) is 14.1. The van der Waals surface area contributed by atoms with E-state index in [1.165, 1.54) is 5.69 Å². The van der Waals surface area contributed by atoms with Crippen molar-refractivity contribution in [2.45, 2.75) is 18.4 Å². The summed E-state index contributed by atoms with van der Waals surface area (Å²) in [5, 5.41) is 13.4. The maximum atomic E-state index is 12.9. The number of hydrogen-bond acceptors (Lipinski definition) is 3. The third-order valence-electron chi connectivity index (χ3n) is 6.00. The van der Waals surface area contributed by atoms with Gasteiger partial charge in [-0.05, 0) is 67.4 Å². The number of carbonyl (C=O) groups excluding carboxylic acids is 1. The number of benzene rings is 2. The van der Waals surface area contributed by atoms with Crippen LogP contribution in [0.4, 0.5) is 5.69 Å². The largest absolute Gasteiger partial charge is 0.372 e. The molecule has 1 amide bonds. The smallest absolute Gasteiger partial charge is 0.253 e. The zero-order valence-electron chi connectivity index (χ0n) is 15.7. The van der Waals surface area contributed by atoms with Crippen LogP contribution in [0, 0.1) is 11.3 Å². The number of amides is 1. The predicted octanol–water partition coefficient (Wildman–Crippen LogP) is 4.56. The van der Waals surface area contributed by atoms with Crippen molar-refractivity contribution in [2.75, 3.05) is 18.4 Å². The molecule has 1 spiro atoms. The van der Waals surface area contributed by atoms with Gasteiger partial charge in [0.1, 0.15) is 0 Å². The number of halogens is 1. The second-order valence-corrected chi connectivity index (χ2v) is 8.05. The number of nitriles is 1. The fourth-order valence-electron chi connectivity index (χ4n) is 4.46. The summed E-state index contributed by atoms with van der Waals surface area (Å²) in [6.45, 7) is 1.32. The lowest BCUT2D eigenvalue weighted by atomic mass is 9.82. The molecule has 1 saturated heterocycles. The Bertz CT molecular complexity index is 1130. The molecule has 144 valence electrons. The first kappa shape index (κ1) is 17.8. The molecule has 0 aliphatic carbocycles. The van der Waals surface area contributed by atoms with Crippen LogP contribution in [0.2, 0.25) is 5.02 Å². The van der Waals surface area contributed by atoms with Crippen LogP contribution < -0.4 is 5.32 Å². The first-order valence-corrected chi connectivity index (χ1v) is 10.0. The molecule has 0 bridgehead atoms. The molecule has 3 heterocycles. The number of rotatable bonds is 1. The van der Waals surface area contributed by atoms with E-state index in [1.54, 1.807) is 24.3 Å². The van der Waals surface area contributed by atoms with Crippen LogP contribution in [0.5, 0.6) is 0 Å². The normalized spacial score (nSPS) is 16.5. The van der Waals surface area contributed by atoms with E-state index in [0.29, 0.717) is 29.2 Å². The van der Waals surface area contributed by atoms with Gasteiger partial charge >= 0.3 is 0 Å². The highest BCUT2D eigenvalue weighted by Crippen LogP contribution is 2.44. The Morgan fingerprint density at radius 2 is 1.86 bits per heavy atom. The van der Waals surface area contributed by atoms with E-state index in [1.807, 2.05) is 23.1 Å². The van der Waals surface area contributed by atoms with Crippen molar-refractivity contribution in [1.29, 1.82) is 5.26 Å². The molecule has 2 aliphatic heterocycles. The SMILES string of the molecule is N#Cc1ccc(C(=O)N2CCC3(CC2)Nc2cc(Cl)ccc2-n2cccc23)cc1. The number of aromatic nitrogens is 1. The van der Waals surface area contributed by atoms with E-state index in [4.69, 9.17) is 16.9 Å². The van der Waals surface area contributed by atoms with Crippen molar-refractivity contribution in [3.05, 3.63) is 82.6 Å². The van der Waals surface area contributed by atoms with Crippen molar-refractivity contribution in [1.82, 2.24) is 9.47 Å². The number of nitrogens with zero attached hydrogens (tertiary/aromatic N) is 3. The lowest BCUT2D eigenvalue weighted by Gasteiger charge is -2.46. The molecule has 0 radical (unpaired) electrons. The lowest BCUT2D eigenvalue weighted by molar-refractivity contribution is 0.0676. The molecule has 3 aromatic rings. The fraction of sp³-hybridized carbons (Fsp3) is 0.217. The Labute approximate surface area is 174 Å². The van der Waals surface area contributed by atoms with Gasteiger partial charge in [0.05, 0.1) is 28.5 Å². The summed E-state index contributed by atoms with van der Waals surface area (Å²) in [6.07, 6.45) is 3.70. The quantitative estimate of drug-likeness (QED) is 0.649. The zero-order valence-corrected chi connectivity index (χ0v) is 16.5. The second kappa shape index (κ2) is 6.68. The van der Waals surface area contributed by atoms with E-state index in [2.05, 4.69) is 34.3 Å². The predicted molar refractivity (Wildman–Crippen MR) is 112 cm³/mol. The van der Waals surface area contributed by atoms with Gasteiger partial charge in [-0.1, -0.05) is 11.6 Å². The van der Waals surface area contributed by atoms with Crippen LogP contribution in [-0.4, -0.2) is 28.5 Å². The molecule has 29 heavy (non-hydrogen) atoms. The van der Waals surface area contributed by atoms with E-state index in [-0.39, 0.29) is 11.4 Å². The van der Waals surface area contributed by atoms with Crippen LogP contribution in [0.25, 0.3) is 5.69 Å². The average Bonchev–Trinajstić information content (AvgIpc) is 3.25. The van der Waals surface area contributed by atoms with Gasteiger partial charge in [-0.15, -0.1) is 0 Å². The Morgan fingerprint density at radius 1 is 1.10 bits per heavy atom. The van der Waals surface area contributed by atoms with Gasteiger partial charge in [0, 0.05) is 35.6 Å². The standard InChI is InChI=1S/C23H19ClN4O/c24-18-7-8-20-19(14-18)26-23(21-2-1-11-28(20)21)9-12-27(13-10-23)22(29)17-5-3-16(15-25)4-6-17/h1-8,11,14,26H,9-10,12-13H2. The first-order valence-electron chi connectivity index (χ1n) is 9.65. The molecule has 0 unspecified atom stereocenters. The minimum absolute atomic E-state index is 0.0129. The van der Waals surface area contributed by atoms with Crippen LogP contribution in [-0.2, 0) is 5.54 Å². The molecule has 0 saturated carbocycles. The number of fused-ring (bicyclic) bond motifs is 4. The van der Waals surface area contributed by atoms with Gasteiger partial charge in [0.2, 0.25) is 0 Å².